The number of piperidine rings is 1. The zero-order valence-corrected chi connectivity index (χ0v) is 12.8. The standard InChI is InChI=1S/C13H19N3O4S/c1-9-4-3-5-10(2)15(9)21(19,20)11-6-7-13(16(17)18)12(14)8-11/h6-10H,3-5,14H2,1-2H3/t9-,10+. The minimum atomic E-state index is -3.69. The highest BCUT2D eigenvalue weighted by Crippen LogP contribution is 2.32. The first-order valence-electron chi connectivity index (χ1n) is 6.82. The molecule has 1 aliphatic rings. The van der Waals surface area contributed by atoms with E-state index in [0.29, 0.717) is 0 Å². The third-order valence-electron chi connectivity index (χ3n) is 3.88. The Kier molecular flexibility index (Phi) is 4.20. The Balaban J connectivity index is 2.44. The number of nitro groups is 1. The van der Waals surface area contributed by atoms with Gasteiger partial charge in [-0.1, -0.05) is 6.42 Å². The van der Waals surface area contributed by atoms with E-state index >= 15 is 0 Å². The van der Waals surface area contributed by atoms with Crippen molar-refractivity contribution in [3.05, 3.63) is 28.3 Å². The lowest BCUT2D eigenvalue weighted by molar-refractivity contribution is -0.383. The second-order valence-corrected chi connectivity index (χ2v) is 7.28. The summed E-state index contributed by atoms with van der Waals surface area (Å²) in [6.45, 7) is 3.75. The number of sulfonamides is 1. The molecule has 116 valence electrons. The Morgan fingerprint density at radius 3 is 2.33 bits per heavy atom. The van der Waals surface area contributed by atoms with Crippen molar-refractivity contribution < 1.29 is 13.3 Å². The second-order valence-electron chi connectivity index (χ2n) is 5.44. The van der Waals surface area contributed by atoms with E-state index < -0.39 is 14.9 Å². The fraction of sp³-hybridized carbons (Fsp3) is 0.538. The highest BCUT2D eigenvalue weighted by Gasteiger charge is 2.36. The van der Waals surface area contributed by atoms with Crippen LogP contribution in [0.25, 0.3) is 0 Å². The molecule has 1 aromatic carbocycles. The minimum Gasteiger partial charge on any atom is -0.393 e. The molecule has 0 aliphatic carbocycles. The van der Waals surface area contributed by atoms with E-state index in [4.69, 9.17) is 5.73 Å². The van der Waals surface area contributed by atoms with E-state index in [1.165, 1.54) is 16.4 Å². The van der Waals surface area contributed by atoms with E-state index in [0.717, 1.165) is 25.3 Å². The first-order chi connectivity index (χ1) is 9.75. The highest BCUT2D eigenvalue weighted by molar-refractivity contribution is 7.89. The zero-order chi connectivity index (χ0) is 15.8. The molecule has 1 aliphatic heterocycles. The summed E-state index contributed by atoms with van der Waals surface area (Å²) >= 11 is 0. The maximum absolute atomic E-state index is 12.7. The van der Waals surface area contributed by atoms with Crippen molar-refractivity contribution in [2.45, 2.75) is 50.1 Å². The number of nitro benzene ring substituents is 1. The normalized spacial score (nSPS) is 23.9. The first kappa shape index (κ1) is 15.7. The van der Waals surface area contributed by atoms with E-state index in [2.05, 4.69) is 0 Å². The Bertz CT molecular complexity index is 649. The molecule has 0 amide bonds. The Hall–Kier alpha value is -1.67. The third kappa shape index (κ3) is 2.86. The summed E-state index contributed by atoms with van der Waals surface area (Å²) in [5, 5.41) is 10.8. The molecule has 1 fully saturated rings. The SMILES string of the molecule is C[C@@H]1CCC[C@H](C)N1S(=O)(=O)c1ccc([N+](=O)[O-])c(N)c1. The minimum absolute atomic E-state index is 0.00574. The van der Waals surface area contributed by atoms with Gasteiger partial charge in [0.15, 0.2) is 0 Å². The third-order valence-corrected chi connectivity index (χ3v) is 6.01. The van der Waals surface area contributed by atoms with Crippen molar-refractivity contribution in [2.75, 3.05) is 5.73 Å². The maximum Gasteiger partial charge on any atom is 0.292 e. The summed E-state index contributed by atoms with van der Waals surface area (Å²) in [4.78, 5) is 10.1. The van der Waals surface area contributed by atoms with E-state index in [1.807, 2.05) is 13.8 Å². The van der Waals surface area contributed by atoms with Gasteiger partial charge >= 0.3 is 0 Å². The van der Waals surface area contributed by atoms with Gasteiger partial charge in [-0.2, -0.15) is 4.31 Å². The van der Waals surface area contributed by atoms with Crippen LogP contribution in [0.15, 0.2) is 23.1 Å². The van der Waals surface area contributed by atoms with Crippen molar-refractivity contribution in [2.24, 2.45) is 0 Å². The van der Waals surface area contributed by atoms with Crippen LogP contribution < -0.4 is 5.73 Å². The monoisotopic (exact) mass is 313 g/mol. The number of hydrogen-bond donors (Lipinski definition) is 1. The molecular weight excluding hydrogens is 294 g/mol. The van der Waals surface area contributed by atoms with Gasteiger partial charge in [-0.15, -0.1) is 0 Å². The van der Waals surface area contributed by atoms with Crippen LogP contribution in [0.4, 0.5) is 11.4 Å². The molecule has 0 bridgehead atoms. The molecular formula is C13H19N3O4S. The average molecular weight is 313 g/mol. The van der Waals surface area contributed by atoms with Crippen molar-refractivity contribution in [3.63, 3.8) is 0 Å². The van der Waals surface area contributed by atoms with Gasteiger partial charge in [0.2, 0.25) is 10.0 Å². The van der Waals surface area contributed by atoms with E-state index in [1.54, 1.807) is 0 Å². The van der Waals surface area contributed by atoms with Gasteiger partial charge < -0.3 is 5.73 Å². The largest absolute Gasteiger partial charge is 0.393 e. The summed E-state index contributed by atoms with van der Waals surface area (Å²) in [5.41, 5.74) is 5.17. The van der Waals surface area contributed by atoms with Gasteiger partial charge in [-0.25, -0.2) is 8.42 Å². The Labute approximate surface area is 123 Å². The van der Waals surface area contributed by atoms with Crippen LogP contribution in [0.5, 0.6) is 0 Å². The predicted molar refractivity (Wildman–Crippen MR) is 79.3 cm³/mol. The van der Waals surface area contributed by atoms with Crippen molar-refractivity contribution in [1.29, 1.82) is 0 Å². The molecule has 0 radical (unpaired) electrons. The number of nitrogens with two attached hydrogens (primary N) is 1. The summed E-state index contributed by atoms with van der Waals surface area (Å²) in [6.07, 6.45) is 2.62. The summed E-state index contributed by atoms with van der Waals surface area (Å²) in [7, 11) is -3.69. The van der Waals surface area contributed by atoms with Crippen molar-refractivity contribution >= 4 is 21.4 Å². The van der Waals surface area contributed by atoms with Gasteiger partial charge in [0.1, 0.15) is 5.69 Å². The molecule has 0 spiro atoms. The average Bonchev–Trinajstić information content (AvgIpc) is 2.37. The Morgan fingerprint density at radius 2 is 1.86 bits per heavy atom. The van der Waals surface area contributed by atoms with Crippen molar-refractivity contribution in [1.82, 2.24) is 4.31 Å². The van der Waals surface area contributed by atoms with Crippen LogP contribution >= 0.6 is 0 Å². The first-order valence-corrected chi connectivity index (χ1v) is 8.26. The van der Waals surface area contributed by atoms with Crippen LogP contribution in [0.2, 0.25) is 0 Å². The summed E-state index contributed by atoms with van der Waals surface area (Å²) in [5.74, 6) is 0. The van der Waals surface area contributed by atoms with Gasteiger partial charge in [-0.3, -0.25) is 10.1 Å². The molecule has 1 heterocycles. The molecule has 7 nitrogen and oxygen atoms in total. The lowest BCUT2D eigenvalue weighted by Crippen LogP contribution is -2.47. The van der Waals surface area contributed by atoms with Crippen molar-refractivity contribution in [3.8, 4) is 0 Å². The smallest absolute Gasteiger partial charge is 0.292 e. The van der Waals surface area contributed by atoms with Gasteiger partial charge in [0, 0.05) is 18.2 Å². The number of nitrogens with zero attached hydrogens (tertiary/aromatic N) is 2. The van der Waals surface area contributed by atoms with Crippen LogP contribution in [-0.4, -0.2) is 29.7 Å². The second kappa shape index (κ2) is 5.61. The quantitative estimate of drug-likeness (QED) is 0.522. The number of benzene rings is 1. The van der Waals surface area contributed by atoms with Gasteiger partial charge in [0.25, 0.3) is 5.69 Å². The van der Waals surface area contributed by atoms with E-state index in [9.17, 15) is 18.5 Å². The van der Waals surface area contributed by atoms with Crippen LogP contribution in [0.1, 0.15) is 33.1 Å². The molecule has 2 N–H and O–H groups in total. The summed E-state index contributed by atoms with van der Waals surface area (Å²) in [6, 6.07) is 3.38. The number of nitrogen functional groups attached to an aromatic ring is 1. The molecule has 1 aromatic rings. The molecule has 8 heteroatoms. The molecule has 2 rings (SSSR count). The molecule has 21 heavy (non-hydrogen) atoms. The number of rotatable bonds is 3. The fourth-order valence-corrected chi connectivity index (χ4v) is 4.77. The van der Waals surface area contributed by atoms with Gasteiger partial charge in [-0.05, 0) is 38.8 Å². The highest BCUT2D eigenvalue weighted by atomic mass is 32.2. The molecule has 0 unspecified atom stereocenters. The molecule has 2 atom stereocenters. The lowest BCUT2D eigenvalue weighted by atomic mass is 10.0. The fourth-order valence-electron chi connectivity index (χ4n) is 2.85. The predicted octanol–water partition coefficient (Wildman–Crippen LogP) is 2.13. The molecule has 0 saturated carbocycles. The summed E-state index contributed by atoms with van der Waals surface area (Å²) < 4.78 is 27.0. The van der Waals surface area contributed by atoms with Crippen LogP contribution in [0.3, 0.4) is 0 Å². The van der Waals surface area contributed by atoms with E-state index in [-0.39, 0.29) is 28.4 Å². The zero-order valence-electron chi connectivity index (χ0n) is 12.0. The Morgan fingerprint density at radius 1 is 1.29 bits per heavy atom. The lowest BCUT2D eigenvalue weighted by Gasteiger charge is -2.37. The topological polar surface area (TPSA) is 107 Å². The number of anilines is 1. The van der Waals surface area contributed by atoms with Gasteiger partial charge in [0.05, 0.1) is 9.82 Å². The number of hydrogen-bond acceptors (Lipinski definition) is 5. The maximum atomic E-state index is 12.7. The molecule has 0 aromatic heterocycles. The molecule has 1 saturated heterocycles. The van der Waals surface area contributed by atoms with Crippen LogP contribution in [-0.2, 0) is 10.0 Å². The van der Waals surface area contributed by atoms with Crippen LogP contribution in [0, 0.1) is 10.1 Å².